The molecule has 0 aliphatic carbocycles. The first-order valence-corrected chi connectivity index (χ1v) is 12.6. The molecule has 0 unspecified atom stereocenters. The van der Waals surface area contributed by atoms with Crippen LogP contribution in [0.4, 0.5) is 15.9 Å². The fourth-order valence-electron chi connectivity index (χ4n) is 3.81. The lowest BCUT2D eigenvalue weighted by Gasteiger charge is -2.32. The van der Waals surface area contributed by atoms with E-state index in [1.54, 1.807) is 6.92 Å². The van der Waals surface area contributed by atoms with E-state index < -0.39 is 21.9 Å². The van der Waals surface area contributed by atoms with E-state index in [1.165, 1.54) is 36.8 Å². The molecule has 0 bridgehead atoms. The van der Waals surface area contributed by atoms with Gasteiger partial charge in [-0.2, -0.15) is 5.10 Å². The lowest BCUT2D eigenvalue weighted by atomic mass is 10.1. The summed E-state index contributed by atoms with van der Waals surface area (Å²) in [6, 6.07) is 4.23. The maximum Gasteiger partial charge on any atom is 0.237 e. The highest BCUT2D eigenvalue weighted by Gasteiger charge is 2.35. The number of anilines is 1. The van der Waals surface area contributed by atoms with Crippen LogP contribution >= 0.6 is 23.2 Å². The molecule has 35 heavy (non-hydrogen) atoms. The van der Waals surface area contributed by atoms with Crippen molar-refractivity contribution in [2.24, 2.45) is 0 Å². The van der Waals surface area contributed by atoms with E-state index in [0.717, 1.165) is 4.31 Å². The van der Waals surface area contributed by atoms with Crippen molar-refractivity contribution in [1.29, 1.82) is 0 Å². The van der Waals surface area contributed by atoms with Gasteiger partial charge in [0.25, 0.3) is 0 Å². The van der Waals surface area contributed by atoms with E-state index in [2.05, 4.69) is 25.0 Å². The first-order valence-electron chi connectivity index (χ1n) is 10.2. The van der Waals surface area contributed by atoms with E-state index in [1.807, 2.05) is 0 Å². The number of aromatic amines is 1. The molecule has 4 heterocycles. The van der Waals surface area contributed by atoms with Crippen molar-refractivity contribution < 1.29 is 17.5 Å². The highest BCUT2D eigenvalue weighted by Crippen LogP contribution is 2.39. The summed E-state index contributed by atoms with van der Waals surface area (Å²) in [5.74, 6) is -0.595. The van der Waals surface area contributed by atoms with Gasteiger partial charge in [-0.1, -0.05) is 23.2 Å². The second-order valence-electron chi connectivity index (χ2n) is 7.74. The first kappa shape index (κ1) is 23.3. The van der Waals surface area contributed by atoms with Crippen molar-refractivity contribution in [3.05, 3.63) is 69.6 Å². The third-order valence-corrected chi connectivity index (χ3v) is 7.91. The van der Waals surface area contributed by atoms with Gasteiger partial charge in [-0.15, -0.1) is 0 Å². The van der Waals surface area contributed by atoms with Crippen LogP contribution in [0.3, 0.4) is 0 Å². The van der Waals surface area contributed by atoms with Gasteiger partial charge >= 0.3 is 0 Å². The van der Waals surface area contributed by atoms with Crippen molar-refractivity contribution in [3.63, 3.8) is 0 Å². The van der Waals surface area contributed by atoms with Crippen molar-refractivity contribution in [1.82, 2.24) is 20.2 Å². The Bertz CT molecular complexity index is 1620. The van der Waals surface area contributed by atoms with E-state index in [9.17, 15) is 12.8 Å². The summed E-state index contributed by atoms with van der Waals surface area (Å²) in [4.78, 5) is 11.6. The topological polar surface area (TPSA) is 105 Å². The normalized spacial score (nSPS) is 15.5. The number of rotatable bonds is 5. The standard InChI is InChI=1S/C22H15Cl2FN6O3S/c1-11(20-14(23)9-27-10-15(20)24)34-19-6-13-17(7-16(19)25)29-30-21(13)12-5-18(26-2)22(28-8-12)31-3-4-35(31,32)33/h5-11H,3-4H2,1H3,(H,29,30)/t11-/m1/s1. The Morgan fingerprint density at radius 3 is 2.60 bits per heavy atom. The minimum Gasteiger partial charge on any atom is -0.483 e. The quantitative estimate of drug-likeness (QED) is 0.349. The van der Waals surface area contributed by atoms with Gasteiger partial charge in [-0.25, -0.2) is 22.6 Å². The zero-order chi connectivity index (χ0) is 24.9. The summed E-state index contributed by atoms with van der Waals surface area (Å²) in [6.45, 7) is 9.44. The molecule has 5 rings (SSSR count). The van der Waals surface area contributed by atoms with Gasteiger partial charge in [-0.05, 0) is 19.1 Å². The predicted molar refractivity (Wildman–Crippen MR) is 130 cm³/mol. The Labute approximate surface area is 209 Å². The number of hydrogen-bond donors (Lipinski definition) is 1. The summed E-state index contributed by atoms with van der Waals surface area (Å²) < 4.78 is 45.7. The zero-order valence-corrected chi connectivity index (χ0v) is 20.3. The van der Waals surface area contributed by atoms with Crippen LogP contribution in [-0.4, -0.2) is 40.9 Å². The predicted octanol–water partition coefficient (Wildman–Crippen LogP) is 5.31. The largest absolute Gasteiger partial charge is 0.483 e. The maximum absolute atomic E-state index is 14.8. The van der Waals surface area contributed by atoms with Gasteiger partial charge in [-0.3, -0.25) is 14.4 Å². The molecule has 178 valence electrons. The lowest BCUT2D eigenvalue weighted by molar-refractivity contribution is 0.217. The monoisotopic (exact) mass is 532 g/mol. The number of fused-ring (bicyclic) bond motifs is 1. The Balaban J connectivity index is 1.53. The number of nitrogens with one attached hydrogen (secondary N) is 1. The molecule has 1 fully saturated rings. The number of halogens is 3. The Hall–Kier alpha value is -3.46. The SMILES string of the molecule is [C-]#[N+]c1cc(-c2n[nH]c3cc(F)c(O[C@H](C)c4c(Cl)cncc4Cl)cc23)cnc1N1CCS1(=O)=O. The number of benzene rings is 1. The third-order valence-electron chi connectivity index (χ3n) is 5.58. The van der Waals surface area contributed by atoms with Gasteiger partial charge in [0.2, 0.25) is 15.7 Å². The molecular formula is C22H15Cl2FN6O3S. The molecule has 1 N–H and O–H groups in total. The smallest absolute Gasteiger partial charge is 0.237 e. The first-order chi connectivity index (χ1) is 16.7. The van der Waals surface area contributed by atoms with Gasteiger partial charge in [0.1, 0.15) is 17.6 Å². The van der Waals surface area contributed by atoms with Crippen LogP contribution in [-0.2, 0) is 10.0 Å². The fourth-order valence-corrected chi connectivity index (χ4v) is 5.55. The molecule has 1 saturated heterocycles. The number of nitrogens with zero attached hydrogens (tertiary/aromatic N) is 5. The molecule has 0 saturated carbocycles. The summed E-state index contributed by atoms with van der Waals surface area (Å²) in [6.07, 6.45) is 3.59. The minimum atomic E-state index is -3.44. The van der Waals surface area contributed by atoms with Crippen molar-refractivity contribution in [2.45, 2.75) is 13.0 Å². The van der Waals surface area contributed by atoms with Crippen molar-refractivity contribution >= 4 is 55.6 Å². The molecule has 13 heteroatoms. The second-order valence-corrected chi connectivity index (χ2v) is 10.6. The van der Waals surface area contributed by atoms with Crippen LogP contribution in [0.2, 0.25) is 10.0 Å². The number of pyridine rings is 2. The van der Waals surface area contributed by atoms with Crippen LogP contribution in [0, 0.1) is 12.4 Å². The Kier molecular flexibility index (Phi) is 5.75. The Morgan fingerprint density at radius 2 is 1.97 bits per heavy atom. The molecule has 0 spiro atoms. The lowest BCUT2D eigenvalue weighted by Crippen LogP contribution is -2.48. The van der Waals surface area contributed by atoms with Crippen LogP contribution in [0.5, 0.6) is 5.75 Å². The zero-order valence-electron chi connectivity index (χ0n) is 18.0. The number of aromatic nitrogens is 4. The van der Waals surface area contributed by atoms with E-state index in [-0.39, 0.29) is 39.6 Å². The fraction of sp³-hybridized carbons (Fsp3) is 0.182. The van der Waals surface area contributed by atoms with Crippen LogP contribution < -0.4 is 9.04 Å². The molecule has 3 aromatic heterocycles. The van der Waals surface area contributed by atoms with E-state index in [4.69, 9.17) is 34.5 Å². The van der Waals surface area contributed by atoms with Gasteiger partial charge in [0.05, 0.1) is 34.4 Å². The molecule has 1 aliphatic heterocycles. The summed E-state index contributed by atoms with van der Waals surface area (Å²) >= 11 is 12.4. The minimum absolute atomic E-state index is 0.0144. The van der Waals surface area contributed by atoms with Gasteiger partial charge < -0.3 is 4.74 Å². The maximum atomic E-state index is 14.8. The number of hydrogen-bond acceptors (Lipinski definition) is 6. The highest BCUT2D eigenvalue weighted by molar-refractivity contribution is 7.94. The average molecular weight is 533 g/mol. The van der Waals surface area contributed by atoms with Gasteiger partial charge in [0.15, 0.2) is 11.6 Å². The number of H-pyrrole nitrogens is 1. The van der Waals surface area contributed by atoms with Crippen molar-refractivity contribution in [2.75, 3.05) is 16.6 Å². The summed E-state index contributed by atoms with van der Waals surface area (Å²) in [5.41, 5.74) is 1.78. The second kappa shape index (κ2) is 8.64. The average Bonchev–Trinajstić information content (AvgIpc) is 3.21. The van der Waals surface area contributed by atoms with E-state index >= 15 is 0 Å². The number of ether oxygens (including phenoxy) is 1. The van der Waals surface area contributed by atoms with Crippen molar-refractivity contribution in [3.8, 4) is 17.0 Å². The Morgan fingerprint density at radius 1 is 1.23 bits per heavy atom. The van der Waals surface area contributed by atoms with Gasteiger partial charge in [0, 0.05) is 41.2 Å². The molecule has 0 radical (unpaired) electrons. The molecular weight excluding hydrogens is 518 g/mol. The summed E-state index contributed by atoms with van der Waals surface area (Å²) in [7, 11) is -3.44. The highest BCUT2D eigenvalue weighted by atomic mass is 35.5. The molecule has 9 nitrogen and oxygen atoms in total. The number of sulfonamides is 1. The molecule has 0 amide bonds. The molecule has 1 atom stereocenters. The molecule has 4 aromatic rings. The van der Waals surface area contributed by atoms with Crippen LogP contribution in [0.1, 0.15) is 18.6 Å². The summed E-state index contributed by atoms with van der Waals surface area (Å²) in [5, 5.41) is 8.11. The van der Waals surface area contributed by atoms with Crippen LogP contribution in [0.25, 0.3) is 27.0 Å². The molecule has 1 aromatic carbocycles. The van der Waals surface area contributed by atoms with E-state index in [0.29, 0.717) is 27.7 Å². The molecule has 1 aliphatic rings. The van der Waals surface area contributed by atoms with Crippen LogP contribution in [0.15, 0.2) is 36.8 Å². The third kappa shape index (κ3) is 4.03.